The van der Waals surface area contributed by atoms with E-state index < -0.39 is 0 Å². The van der Waals surface area contributed by atoms with E-state index in [-0.39, 0.29) is 0 Å². The number of hydrogen-bond donors (Lipinski definition) is 0. The molecule has 0 aliphatic heterocycles. The summed E-state index contributed by atoms with van der Waals surface area (Å²) in [5.74, 6) is 0. The number of aryl methyl sites for hydroxylation is 2. The Bertz CT molecular complexity index is 396. The fraction of sp³-hybridized carbons (Fsp3) is 0.353. The summed E-state index contributed by atoms with van der Waals surface area (Å²) in [6.07, 6.45) is 17.1. The van der Waals surface area contributed by atoms with E-state index in [1.54, 1.807) is 0 Å². The van der Waals surface area contributed by atoms with Crippen molar-refractivity contribution in [2.24, 2.45) is 0 Å². The minimum Gasteiger partial charge on any atom is -0.264 e. The second-order valence-electron chi connectivity index (χ2n) is 4.80. The normalized spacial score (nSPS) is 10.5. The summed E-state index contributed by atoms with van der Waals surface area (Å²) in [5, 5.41) is 0. The van der Waals surface area contributed by atoms with E-state index in [0.29, 0.717) is 0 Å². The summed E-state index contributed by atoms with van der Waals surface area (Å²) in [7, 11) is 0. The Morgan fingerprint density at radius 1 is 0.789 bits per heavy atom. The van der Waals surface area contributed by atoms with Crippen LogP contribution in [0.5, 0.6) is 0 Å². The first-order valence-electron chi connectivity index (χ1n) is 7.04. The Balaban J connectivity index is 1.49. The van der Waals surface area contributed by atoms with Gasteiger partial charge in [0.05, 0.1) is 0 Å². The van der Waals surface area contributed by atoms with Crippen molar-refractivity contribution in [3.05, 3.63) is 66.6 Å². The van der Waals surface area contributed by atoms with Gasteiger partial charge in [0.2, 0.25) is 0 Å². The van der Waals surface area contributed by atoms with Crippen molar-refractivity contribution in [2.45, 2.75) is 38.5 Å². The third-order valence-corrected chi connectivity index (χ3v) is 3.19. The molecule has 0 spiro atoms. The Hall–Kier alpha value is -1.70. The van der Waals surface area contributed by atoms with Gasteiger partial charge in [0.25, 0.3) is 0 Å². The topological polar surface area (TPSA) is 25.8 Å². The van der Waals surface area contributed by atoms with Crippen molar-refractivity contribution in [1.29, 1.82) is 0 Å². The van der Waals surface area contributed by atoms with Crippen LogP contribution in [0, 0.1) is 6.42 Å². The third-order valence-electron chi connectivity index (χ3n) is 3.19. The molecule has 0 aliphatic carbocycles. The van der Waals surface area contributed by atoms with E-state index in [0.717, 1.165) is 12.8 Å². The number of hydrogen-bond acceptors (Lipinski definition) is 2. The maximum atomic E-state index is 4.13. The molecule has 2 heterocycles. The molecule has 0 aliphatic rings. The maximum Gasteiger partial charge on any atom is 0.0299 e. The molecule has 0 fully saturated rings. The summed E-state index contributed by atoms with van der Waals surface area (Å²) in [6.45, 7) is 0. The Morgan fingerprint density at radius 2 is 1.32 bits per heavy atom. The molecule has 2 aromatic rings. The lowest BCUT2D eigenvalue weighted by atomic mass is 10.0. The fourth-order valence-corrected chi connectivity index (χ4v) is 2.14. The van der Waals surface area contributed by atoms with Crippen molar-refractivity contribution in [3.8, 4) is 0 Å². The average molecular weight is 253 g/mol. The quantitative estimate of drug-likeness (QED) is 0.664. The smallest absolute Gasteiger partial charge is 0.0299 e. The van der Waals surface area contributed by atoms with Gasteiger partial charge in [-0.1, -0.05) is 12.1 Å². The molecule has 0 atom stereocenters. The first kappa shape index (κ1) is 13.7. The van der Waals surface area contributed by atoms with Crippen LogP contribution in [0.2, 0.25) is 0 Å². The largest absolute Gasteiger partial charge is 0.264 e. The van der Waals surface area contributed by atoms with Gasteiger partial charge >= 0.3 is 0 Å². The van der Waals surface area contributed by atoms with Gasteiger partial charge in [-0.15, -0.1) is 0 Å². The highest BCUT2D eigenvalue weighted by molar-refractivity contribution is 5.09. The zero-order chi connectivity index (χ0) is 13.2. The summed E-state index contributed by atoms with van der Waals surface area (Å²) < 4.78 is 0. The molecule has 0 saturated carbocycles. The standard InChI is InChI=1S/C17H21N2/c1(2-4-8-16-10-6-12-18-14-16)3-5-9-17-11-7-13-19-15-17/h1,6-7,10-15H,2-5,8-9H2. The second-order valence-corrected chi connectivity index (χ2v) is 4.80. The van der Waals surface area contributed by atoms with Crippen molar-refractivity contribution in [3.63, 3.8) is 0 Å². The van der Waals surface area contributed by atoms with Gasteiger partial charge in [0.1, 0.15) is 0 Å². The van der Waals surface area contributed by atoms with E-state index in [9.17, 15) is 0 Å². The lowest BCUT2D eigenvalue weighted by molar-refractivity contribution is 0.723. The zero-order valence-corrected chi connectivity index (χ0v) is 11.3. The van der Waals surface area contributed by atoms with Crippen LogP contribution in [-0.2, 0) is 12.8 Å². The lowest BCUT2D eigenvalue weighted by Gasteiger charge is -2.02. The predicted octanol–water partition coefficient (Wildman–Crippen LogP) is 4.03. The Kier molecular flexibility index (Phi) is 6.08. The maximum absolute atomic E-state index is 4.13. The highest BCUT2D eigenvalue weighted by Crippen LogP contribution is 2.09. The zero-order valence-electron chi connectivity index (χ0n) is 11.3. The molecular weight excluding hydrogens is 232 g/mol. The summed E-state index contributed by atoms with van der Waals surface area (Å²) >= 11 is 0. The van der Waals surface area contributed by atoms with Crippen LogP contribution in [-0.4, -0.2) is 9.97 Å². The average Bonchev–Trinajstić information content (AvgIpc) is 2.48. The van der Waals surface area contributed by atoms with Gasteiger partial charge in [0.15, 0.2) is 0 Å². The monoisotopic (exact) mass is 253 g/mol. The van der Waals surface area contributed by atoms with E-state index in [2.05, 4.69) is 28.5 Å². The summed E-state index contributed by atoms with van der Waals surface area (Å²) in [6, 6.07) is 8.31. The molecule has 2 rings (SSSR count). The van der Waals surface area contributed by atoms with E-state index >= 15 is 0 Å². The van der Waals surface area contributed by atoms with Crippen LogP contribution in [0.3, 0.4) is 0 Å². The van der Waals surface area contributed by atoms with Crippen molar-refractivity contribution >= 4 is 0 Å². The predicted molar refractivity (Wildman–Crippen MR) is 78.7 cm³/mol. The number of rotatable bonds is 8. The van der Waals surface area contributed by atoms with E-state index in [1.807, 2.05) is 36.9 Å². The van der Waals surface area contributed by atoms with Crippen LogP contribution in [0.15, 0.2) is 49.1 Å². The molecule has 2 nitrogen and oxygen atoms in total. The van der Waals surface area contributed by atoms with Crippen LogP contribution in [0.25, 0.3) is 0 Å². The first-order valence-corrected chi connectivity index (χ1v) is 7.04. The van der Waals surface area contributed by atoms with Crippen molar-refractivity contribution in [2.75, 3.05) is 0 Å². The molecule has 99 valence electrons. The Labute approximate surface area is 115 Å². The summed E-state index contributed by atoms with van der Waals surface area (Å²) in [5.41, 5.74) is 2.68. The molecule has 0 aromatic carbocycles. The summed E-state index contributed by atoms with van der Waals surface area (Å²) in [4.78, 5) is 8.26. The number of unbranched alkanes of at least 4 members (excludes halogenated alkanes) is 4. The third kappa shape index (κ3) is 5.64. The van der Waals surface area contributed by atoms with Crippen molar-refractivity contribution in [1.82, 2.24) is 9.97 Å². The minimum absolute atomic E-state index is 1.13. The minimum atomic E-state index is 1.13. The number of aromatic nitrogens is 2. The molecule has 2 aromatic heterocycles. The van der Waals surface area contributed by atoms with Gasteiger partial charge in [-0.25, -0.2) is 0 Å². The van der Waals surface area contributed by atoms with Gasteiger partial charge in [0, 0.05) is 24.8 Å². The van der Waals surface area contributed by atoms with Gasteiger partial charge in [-0.3, -0.25) is 9.97 Å². The van der Waals surface area contributed by atoms with Gasteiger partial charge in [-0.2, -0.15) is 0 Å². The lowest BCUT2D eigenvalue weighted by Crippen LogP contribution is -1.89. The van der Waals surface area contributed by atoms with Crippen LogP contribution >= 0.6 is 0 Å². The van der Waals surface area contributed by atoms with Crippen LogP contribution in [0.1, 0.15) is 36.8 Å². The van der Waals surface area contributed by atoms with Crippen LogP contribution in [0.4, 0.5) is 0 Å². The molecule has 0 bridgehead atoms. The SMILES string of the molecule is [CH](CCCc1cccnc1)CCCc1cccnc1. The first-order chi connectivity index (χ1) is 9.45. The molecule has 0 N–H and O–H groups in total. The highest BCUT2D eigenvalue weighted by Gasteiger charge is 1.95. The molecule has 2 heteroatoms. The van der Waals surface area contributed by atoms with E-state index in [1.165, 1.54) is 36.8 Å². The van der Waals surface area contributed by atoms with E-state index in [4.69, 9.17) is 0 Å². The highest BCUT2D eigenvalue weighted by atomic mass is 14.6. The van der Waals surface area contributed by atoms with Gasteiger partial charge < -0.3 is 0 Å². The second kappa shape index (κ2) is 8.41. The molecule has 0 unspecified atom stereocenters. The van der Waals surface area contributed by atoms with Gasteiger partial charge in [-0.05, 0) is 68.2 Å². The molecule has 19 heavy (non-hydrogen) atoms. The number of nitrogens with zero attached hydrogens (tertiary/aromatic N) is 2. The number of pyridine rings is 2. The van der Waals surface area contributed by atoms with Crippen LogP contribution < -0.4 is 0 Å². The Morgan fingerprint density at radius 3 is 1.74 bits per heavy atom. The molecular formula is C17H21N2. The fourth-order valence-electron chi connectivity index (χ4n) is 2.14. The van der Waals surface area contributed by atoms with Crippen molar-refractivity contribution < 1.29 is 0 Å². The molecule has 0 amide bonds. The molecule has 0 saturated heterocycles. The molecule has 1 radical (unpaired) electrons.